The molecule has 0 N–H and O–H groups in total. The van der Waals surface area contributed by atoms with Gasteiger partial charge >= 0.3 is 0 Å². The number of hydrogen-bond donors (Lipinski definition) is 0. The van der Waals surface area contributed by atoms with E-state index in [-0.39, 0.29) is 12.3 Å². The molecule has 0 aliphatic carbocycles. The summed E-state index contributed by atoms with van der Waals surface area (Å²) < 4.78 is 7.01. The first-order chi connectivity index (χ1) is 14.7. The molecule has 1 aromatic carbocycles. The highest BCUT2D eigenvalue weighted by Crippen LogP contribution is 2.20. The van der Waals surface area contributed by atoms with Crippen molar-refractivity contribution in [3.05, 3.63) is 60.0 Å². The van der Waals surface area contributed by atoms with Crippen LogP contribution in [0.15, 0.2) is 53.2 Å². The molecule has 1 aliphatic rings. The Morgan fingerprint density at radius 1 is 1.00 bits per heavy atom. The van der Waals surface area contributed by atoms with Crippen LogP contribution in [0.3, 0.4) is 0 Å². The third-order valence-corrected chi connectivity index (χ3v) is 5.32. The summed E-state index contributed by atoms with van der Waals surface area (Å²) in [5.74, 6) is 1.54. The van der Waals surface area contributed by atoms with Crippen molar-refractivity contribution in [3.8, 4) is 5.82 Å². The zero-order valence-corrected chi connectivity index (χ0v) is 16.6. The maximum absolute atomic E-state index is 12.7. The molecule has 0 radical (unpaired) electrons. The van der Waals surface area contributed by atoms with Gasteiger partial charge in [-0.25, -0.2) is 4.68 Å². The van der Waals surface area contributed by atoms with Gasteiger partial charge in [0.2, 0.25) is 5.91 Å². The lowest BCUT2D eigenvalue weighted by molar-refractivity contribution is -0.130. The lowest BCUT2D eigenvalue weighted by atomic mass is 10.1. The zero-order chi connectivity index (χ0) is 20.5. The number of amides is 1. The second kappa shape index (κ2) is 7.58. The topological polar surface area (TPSA) is 93.2 Å². The maximum atomic E-state index is 12.7. The quantitative estimate of drug-likeness (QED) is 0.514. The van der Waals surface area contributed by atoms with E-state index in [1.807, 2.05) is 60.5 Å². The lowest BCUT2D eigenvalue weighted by Crippen LogP contribution is -2.49. The van der Waals surface area contributed by atoms with Gasteiger partial charge in [0, 0.05) is 37.8 Å². The van der Waals surface area contributed by atoms with Crippen molar-refractivity contribution < 1.29 is 9.32 Å². The Hall–Kier alpha value is -3.75. The first-order valence-electron chi connectivity index (χ1n) is 9.90. The summed E-state index contributed by atoms with van der Waals surface area (Å²) in [7, 11) is 0. The number of fused-ring (bicyclic) bond motifs is 1. The number of rotatable bonds is 4. The van der Waals surface area contributed by atoms with Crippen molar-refractivity contribution in [2.75, 3.05) is 31.1 Å². The standard InChI is InChI=1S/C21H21N7O2/c1-15-8-9-28(24-15)20-7-6-19(22-23-20)26-10-12-27(13-11-26)21(29)14-17-16-4-2-3-5-18(16)30-25-17/h2-9H,10-14H2,1H3. The first-order valence-corrected chi connectivity index (χ1v) is 9.90. The van der Waals surface area contributed by atoms with Gasteiger partial charge in [0.1, 0.15) is 5.69 Å². The molecule has 30 heavy (non-hydrogen) atoms. The van der Waals surface area contributed by atoms with Crippen LogP contribution in [0.5, 0.6) is 0 Å². The number of para-hydroxylation sites is 1. The summed E-state index contributed by atoms with van der Waals surface area (Å²) >= 11 is 0. The van der Waals surface area contributed by atoms with Gasteiger partial charge in [0.15, 0.2) is 17.2 Å². The molecule has 0 atom stereocenters. The summed E-state index contributed by atoms with van der Waals surface area (Å²) in [6, 6.07) is 13.4. The molecule has 152 valence electrons. The SMILES string of the molecule is Cc1ccn(-c2ccc(N3CCN(C(=O)Cc4noc5ccccc45)CC3)nn2)n1. The summed E-state index contributed by atoms with van der Waals surface area (Å²) in [6.07, 6.45) is 2.11. The van der Waals surface area contributed by atoms with Gasteiger partial charge in [0.25, 0.3) is 0 Å². The highest BCUT2D eigenvalue weighted by Gasteiger charge is 2.23. The van der Waals surface area contributed by atoms with Crippen LogP contribution in [0.4, 0.5) is 5.82 Å². The minimum Gasteiger partial charge on any atom is -0.356 e. The van der Waals surface area contributed by atoms with Crippen LogP contribution < -0.4 is 4.90 Å². The Kier molecular flexibility index (Phi) is 4.62. The molecule has 4 aromatic rings. The number of aryl methyl sites for hydroxylation is 1. The highest BCUT2D eigenvalue weighted by atomic mass is 16.5. The van der Waals surface area contributed by atoms with Crippen molar-refractivity contribution in [3.63, 3.8) is 0 Å². The molecule has 3 aromatic heterocycles. The molecule has 4 heterocycles. The first kappa shape index (κ1) is 18.3. The van der Waals surface area contributed by atoms with E-state index in [4.69, 9.17) is 4.52 Å². The highest BCUT2D eigenvalue weighted by molar-refractivity contribution is 5.86. The smallest absolute Gasteiger partial charge is 0.228 e. The zero-order valence-electron chi connectivity index (χ0n) is 16.6. The summed E-state index contributed by atoms with van der Waals surface area (Å²) in [6.45, 7) is 4.62. The van der Waals surface area contributed by atoms with Crippen molar-refractivity contribution in [2.24, 2.45) is 0 Å². The van der Waals surface area contributed by atoms with Gasteiger partial charge < -0.3 is 14.3 Å². The van der Waals surface area contributed by atoms with Gasteiger partial charge in [-0.05, 0) is 37.3 Å². The lowest BCUT2D eigenvalue weighted by Gasteiger charge is -2.35. The summed E-state index contributed by atoms with van der Waals surface area (Å²) in [4.78, 5) is 16.8. The van der Waals surface area contributed by atoms with Gasteiger partial charge in [-0.3, -0.25) is 4.79 Å². The van der Waals surface area contributed by atoms with Crippen LogP contribution in [0.1, 0.15) is 11.4 Å². The van der Waals surface area contributed by atoms with E-state index in [2.05, 4.69) is 25.4 Å². The van der Waals surface area contributed by atoms with E-state index >= 15 is 0 Å². The fraction of sp³-hybridized carbons (Fsp3) is 0.286. The van der Waals surface area contributed by atoms with E-state index in [9.17, 15) is 4.79 Å². The Balaban J connectivity index is 1.20. The number of carbonyl (C=O) groups excluding carboxylic acids is 1. The maximum Gasteiger partial charge on any atom is 0.228 e. The monoisotopic (exact) mass is 403 g/mol. The van der Waals surface area contributed by atoms with Crippen molar-refractivity contribution in [1.82, 2.24) is 30.0 Å². The number of piperazine rings is 1. The van der Waals surface area contributed by atoms with Gasteiger partial charge in [-0.2, -0.15) is 5.10 Å². The third-order valence-electron chi connectivity index (χ3n) is 5.32. The summed E-state index contributed by atoms with van der Waals surface area (Å²) in [5.41, 5.74) is 2.33. The molecule has 0 bridgehead atoms. The Labute approximate surface area is 172 Å². The van der Waals surface area contributed by atoms with Crippen LogP contribution in [-0.4, -0.2) is 62.1 Å². The average molecular weight is 403 g/mol. The second-order valence-electron chi connectivity index (χ2n) is 7.32. The Bertz CT molecular complexity index is 1170. The number of nitrogens with zero attached hydrogens (tertiary/aromatic N) is 7. The van der Waals surface area contributed by atoms with Crippen molar-refractivity contribution in [1.29, 1.82) is 0 Å². The van der Waals surface area contributed by atoms with Gasteiger partial charge in [0.05, 0.1) is 12.1 Å². The molecule has 1 fully saturated rings. The van der Waals surface area contributed by atoms with Crippen LogP contribution in [0.2, 0.25) is 0 Å². The molecule has 0 spiro atoms. The molecule has 0 saturated carbocycles. The van der Waals surface area contributed by atoms with Crippen LogP contribution in [0.25, 0.3) is 16.8 Å². The Morgan fingerprint density at radius 3 is 2.50 bits per heavy atom. The van der Waals surface area contributed by atoms with E-state index in [1.165, 1.54) is 0 Å². The van der Waals surface area contributed by atoms with Crippen LogP contribution in [0, 0.1) is 6.92 Å². The predicted octanol–water partition coefficient (Wildman–Crippen LogP) is 2.00. The third kappa shape index (κ3) is 3.49. The number of anilines is 1. The average Bonchev–Trinajstić information content (AvgIpc) is 3.40. The fourth-order valence-corrected chi connectivity index (χ4v) is 3.66. The molecular weight excluding hydrogens is 382 g/mol. The molecule has 5 rings (SSSR count). The molecule has 1 saturated heterocycles. The minimum absolute atomic E-state index is 0.0594. The number of benzene rings is 1. The molecule has 9 heteroatoms. The number of aromatic nitrogens is 5. The Morgan fingerprint density at radius 2 is 1.77 bits per heavy atom. The van der Waals surface area contributed by atoms with Crippen LogP contribution >= 0.6 is 0 Å². The van der Waals surface area contributed by atoms with E-state index < -0.39 is 0 Å². The largest absolute Gasteiger partial charge is 0.356 e. The van der Waals surface area contributed by atoms with E-state index in [0.29, 0.717) is 43.3 Å². The van der Waals surface area contributed by atoms with Gasteiger partial charge in [-0.15, -0.1) is 10.2 Å². The molecule has 1 aliphatic heterocycles. The van der Waals surface area contributed by atoms with Crippen LogP contribution in [-0.2, 0) is 11.2 Å². The minimum atomic E-state index is 0.0594. The van der Waals surface area contributed by atoms with E-state index in [1.54, 1.807) is 4.68 Å². The van der Waals surface area contributed by atoms with E-state index in [0.717, 1.165) is 16.9 Å². The molecule has 9 nitrogen and oxygen atoms in total. The fourth-order valence-electron chi connectivity index (χ4n) is 3.66. The summed E-state index contributed by atoms with van der Waals surface area (Å²) in [5, 5.41) is 17.9. The molecule has 0 unspecified atom stereocenters. The number of hydrogen-bond acceptors (Lipinski definition) is 7. The molecular formula is C21H21N7O2. The molecule has 1 amide bonds. The normalized spacial score (nSPS) is 14.4. The van der Waals surface area contributed by atoms with Crippen molar-refractivity contribution >= 4 is 22.7 Å². The predicted molar refractivity (Wildman–Crippen MR) is 110 cm³/mol. The van der Waals surface area contributed by atoms with Crippen molar-refractivity contribution in [2.45, 2.75) is 13.3 Å². The van der Waals surface area contributed by atoms with Gasteiger partial charge in [-0.1, -0.05) is 17.3 Å². The number of carbonyl (C=O) groups is 1. The second-order valence-corrected chi connectivity index (χ2v) is 7.32.